The van der Waals surface area contributed by atoms with E-state index in [1.807, 2.05) is 11.3 Å². The molecule has 8 rings (SSSR count). The fraction of sp³-hybridized carbons (Fsp3) is 0.0909. The molecule has 2 aromatic heterocycles. The van der Waals surface area contributed by atoms with Gasteiger partial charge in [0.1, 0.15) is 0 Å². The van der Waals surface area contributed by atoms with Crippen molar-refractivity contribution in [2.24, 2.45) is 0 Å². The fourth-order valence-corrected chi connectivity index (χ4v) is 7.79. The summed E-state index contributed by atoms with van der Waals surface area (Å²) in [5.74, 6) is 0. The summed E-state index contributed by atoms with van der Waals surface area (Å²) in [6.45, 7) is 4.79. The van der Waals surface area contributed by atoms with Gasteiger partial charge in [-0.2, -0.15) is 0 Å². The molecular formula is C33H23NS. The average molecular weight is 466 g/mol. The Morgan fingerprint density at radius 3 is 2.29 bits per heavy atom. The lowest BCUT2D eigenvalue weighted by atomic mass is 9.81. The first-order valence-electron chi connectivity index (χ1n) is 12.2. The summed E-state index contributed by atoms with van der Waals surface area (Å²) in [6, 6.07) is 38.0. The van der Waals surface area contributed by atoms with Crippen molar-refractivity contribution in [3.8, 4) is 16.1 Å². The normalized spacial score (nSPS) is 14.2. The van der Waals surface area contributed by atoms with E-state index in [-0.39, 0.29) is 5.41 Å². The predicted molar refractivity (Wildman–Crippen MR) is 151 cm³/mol. The van der Waals surface area contributed by atoms with E-state index in [9.17, 15) is 0 Å². The van der Waals surface area contributed by atoms with Crippen LogP contribution in [-0.4, -0.2) is 4.57 Å². The van der Waals surface area contributed by atoms with Crippen LogP contribution in [0.3, 0.4) is 0 Å². The Balaban J connectivity index is 1.58. The number of thiophene rings is 1. The number of fused-ring (bicyclic) bond motifs is 10. The second kappa shape index (κ2) is 6.62. The summed E-state index contributed by atoms with van der Waals surface area (Å²) in [7, 11) is 0. The first-order chi connectivity index (χ1) is 17.1. The van der Waals surface area contributed by atoms with Crippen LogP contribution in [0.4, 0.5) is 0 Å². The number of hydrogen-bond donors (Lipinski definition) is 0. The highest BCUT2D eigenvalue weighted by molar-refractivity contribution is 7.22. The molecule has 0 fully saturated rings. The maximum absolute atomic E-state index is 2.51. The van der Waals surface area contributed by atoms with E-state index in [2.05, 4.69) is 122 Å². The van der Waals surface area contributed by atoms with Crippen LogP contribution in [0, 0.1) is 0 Å². The van der Waals surface area contributed by atoms with Crippen LogP contribution in [0.1, 0.15) is 25.0 Å². The topological polar surface area (TPSA) is 4.93 Å². The van der Waals surface area contributed by atoms with Crippen molar-refractivity contribution < 1.29 is 0 Å². The molecule has 5 aromatic carbocycles. The molecule has 1 aliphatic rings. The van der Waals surface area contributed by atoms with Crippen LogP contribution in [0.5, 0.6) is 0 Å². The van der Waals surface area contributed by atoms with Crippen molar-refractivity contribution >= 4 is 54.0 Å². The van der Waals surface area contributed by atoms with E-state index in [0.29, 0.717) is 0 Å². The number of rotatable bonds is 1. The summed E-state index contributed by atoms with van der Waals surface area (Å²) in [5.41, 5.74) is 8.10. The molecule has 0 saturated heterocycles. The van der Waals surface area contributed by atoms with Crippen molar-refractivity contribution in [3.05, 3.63) is 114 Å². The second-order valence-electron chi connectivity index (χ2n) is 10.2. The van der Waals surface area contributed by atoms with Crippen molar-refractivity contribution in [1.82, 2.24) is 4.57 Å². The lowest BCUT2D eigenvalue weighted by Crippen LogP contribution is -2.14. The quantitative estimate of drug-likeness (QED) is 0.227. The van der Waals surface area contributed by atoms with Gasteiger partial charge in [-0.3, -0.25) is 0 Å². The number of hydrogen-bond acceptors (Lipinski definition) is 1. The first-order valence-corrected chi connectivity index (χ1v) is 13.0. The van der Waals surface area contributed by atoms with Gasteiger partial charge < -0.3 is 4.57 Å². The predicted octanol–water partition coefficient (Wildman–Crippen LogP) is 9.46. The summed E-state index contributed by atoms with van der Waals surface area (Å²) < 4.78 is 3.88. The summed E-state index contributed by atoms with van der Waals surface area (Å²) in [4.78, 5) is 1.43. The third-order valence-electron chi connectivity index (χ3n) is 7.95. The lowest BCUT2D eigenvalue weighted by molar-refractivity contribution is 0.667. The molecule has 0 atom stereocenters. The van der Waals surface area contributed by atoms with Crippen LogP contribution < -0.4 is 0 Å². The Labute approximate surface area is 207 Å². The first kappa shape index (κ1) is 19.4. The minimum atomic E-state index is -0.0386. The highest BCUT2D eigenvalue weighted by Gasteiger charge is 2.40. The zero-order valence-corrected chi connectivity index (χ0v) is 20.5. The van der Waals surface area contributed by atoms with Crippen LogP contribution in [0.2, 0.25) is 0 Å². The molecule has 2 heteroatoms. The van der Waals surface area contributed by atoms with Crippen LogP contribution in [-0.2, 0) is 5.41 Å². The molecule has 0 saturated carbocycles. The van der Waals surface area contributed by atoms with Crippen LogP contribution in [0.25, 0.3) is 58.8 Å². The Kier molecular flexibility index (Phi) is 3.67. The lowest BCUT2D eigenvalue weighted by Gasteiger charge is -2.22. The average Bonchev–Trinajstić information content (AvgIpc) is 3.50. The molecule has 0 N–H and O–H groups in total. The highest BCUT2D eigenvalue weighted by atomic mass is 32.1. The van der Waals surface area contributed by atoms with Gasteiger partial charge in [0.05, 0.1) is 11.0 Å². The SMILES string of the molecule is CC1(C)c2ccc3c4ccccc4n(-c4ccc5ccccc5c4)c3c2-c2sc3ccccc3c21. The van der Waals surface area contributed by atoms with E-state index >= 15 is 0 Å². The molecule has 0 aliphatic heterocycles. The van der Waals surface area contributed by atoms with E-state index in [4.69, 9.17) is 0 Å². The number of benzene rings is 5. The van der Waals surface area contributed by atoms with Gasteiger partial charge in [0.2, 0.25) is 0 Å². The van der Waals surface area contributed by atoms with E-state index < -0.39 is 0 Å². The summed E-state index contributed by atoms with van der Waals surface area (Å²) in [5, 5.41) is 6.58. The number of nitrogens with zero attached hydrogens (tertiary/aromatic N) is 1. The maximum Gasteiger partial charge on any atom is 0.0630 e. The summed E-state index contributed by atoms with van der Waals surface area (Å²) >= 11 is 1.95. The number of para-hydroxylation sites is 1. The van der Waals surface area contributed by atoms with Crippen molar-refractivity contribution in [3.63, 3.8) is 0 Å². The molecule has 0 unspecified atom stereocenters. The fourth-order valence-electron chi connectivity index (χ4n) is 6.37. The Morgan fingerprint density at radius 1 is 0.657 bits per heavy atom. The molecule has 2 heterocycles. The number of aromatic nitrogens is 1. The van der Waals surface area contributed by atoms with E-state index in [1.165, 1.54) is 69.9 Å². The van der Waals surface area contributed by atoms with Gasteiger partial charge in [-0.25, -0.2) is 0 Å². The van der Waals surface area contributed by atoms with Crippen molar-refractivity contribution in [1.29, 1.82) is 0 Å². The van der Waals surface area contributed by atoms with Gasteiger partial charge in [-0.1, -0.05) is 92.7 Å². The molecule has 0 radical (unpaired) electrons. The molecule has 0 amide bonds. The second-order valence-corrected chi connectivity index (χ2v) is 11.2. The minimum Gasteiger partial charge on any atom is -0.309 e. The van der Waals surface area contributed by atoms with Gasteiger partial charge in [-0.05, 0) is 51.6 Å². The minimum absolute atomic E-state index is 0.0386. The summed E-state index contributed by atoms with van der Waals surface area (Å²) in [6.07, 6.45) is 0. The van der Waals surface area contributed by atoms with E-state index in [1.54, 1.807) is 0 Å². The van der Waals surface area contributed by atoms with Gasteiger partial charge in [-0.15, -0.1) is 11.3 Å². The Hall–Kier alpha value is -3.88. The molecule has 0 spiro atoms. The van der Waals surface area contributed by atoms with E-state index in [0.717, 1.165) is 0 Å². The molecule has 7 aromatic rings. The maximum atomic E-state index is 2.51. The van der Waals surface area contributed by atoms with Gasteiger partial charge >= 0.3 is 0 Å². The third kappa shape index (κ3) is 2.42. The van der Waals surface area contributed by atoms with Gasteiger partial charge in [0.15, 0.2) is 0 Å². The zero-order valence-electron chi connectivity index (χ0n) is 19.7. The van der Waals surface area contributed by atoms with Gasteiger partial charge in [0.25, 0.3) is 0 Å². The largest absolute Gasteiger partial charge is 0.309 e. The monoisotopic (exact) mass is 465 g/mol. The Bertz CT molecular complexity index is 1980. The van der Waals surface area contributed by atoms with Crippen LogP contribution in [0.15, 0.2) is 103 Å². The van der Waals surface area contributed by atoms with Crippen molar-refractivity contribution in [2.45, 2.75) is 19.3 Å². The molecule has 0 bridgehead atoms. The standard InChI is InChI=1S/C33H23NS/c1-33(2)26-18-17-24-23-11-5-7-13-27(23)34(22-16-15-20-9-3-4-10-21(20)19-22)31(24)29(26)32-30(33)25-12-6-8-14-28(25)35-32/h3-19H,1-2H3. The zero-order chi connectivity index (χ0) is 23.3. The molecule has 1 aliphatic carbocycles. The van der Waals surface area contributed by atoms with Gasteiger partial charge in [0, 0.05) is 37.0 Å². The smallest absolute Gasteiger partial charge is 0.0630 e. The highest BCUT2D eigenvalue weighted by Crippen LogP contribution is 2.58. The van der Waals surface area contributed by atoms with Crippen molar-refractivity contribution in [2.75, 3.05) is 0 Å². The molecule has 166 valence electrons. The third-order valence-corrected chi connectivity index (χ3v) is 9.14. The molecule has 1 nitrogen and oxygen atoms in total. The van der Waals surface area contributed by atoms with Crippen LogP contribution >= 0.6 is 11.3 Å². The molecular weight excluding hydrogens is 442 g/mol. The molecule has 35 heavy (non-hydrogen) atoms. The Morgan fingerprint density at radius 2 is 1.40 bits per heavy atom.